The molecule has 20 heavy (non-hydrogen) atoms. The van der Waals surface area contributed by atoms with Gasteiger partial charge in [-0.3, -0.25) is 0 Å². The van der Waals surface area contributed by atoms with E-state index in [-0.39, 0.29) is 6.04 Å². The van der Waals surface area contributed by atoms with Crippen LogP contribution in [-0.2, 0) is 0 Å². The van der Waals surface area contributed by atoms with Crippen LogP contribution < -0.4 is 10.1 Å². The molecule has 0 amide bonds. The number of ether oxygens (including phenoxy) is 1. The molecule has 1 atom stereocenters. The summed E-state index contributed by atoms with van der Waals surface area (Å²) in [4.78, 5) is 0. The van der Waals surface area contributed by atoms with Gasteiger partial charge in [-0.2, -0.15) is 0 Å². The van der Waals surface area contributed by atoms with Gasteiger partial charge in [-0.1, -0.05) is 42.3 Å². The van der Waals surface area contributed by atoms with Crippen LogP contribution in [0.25, 0.3) is 0 Å². The quantitative estimate of drug-likeness (QED) is 0.780. The van der Waals surface area contributed by atoms with Crippen LogP contribution in [0.1, 0.15) is 24.9 Å². The summed E-state index contributed by atoms with van der Waals surface area (Å²) in [6, 6.07) is 13.6. The summed E-state index contributed by atoms with van der Waals surface area (Å²) in [5.41, 5.74) is 2.00. The maximum absolute atomic E-state index is 6.23. The average molecular weight is 310 g/mol. The Kier molecular flexibility index (Phi) is 5.16. The molecule has 4 heteroatoms. The first-order valence-electron chi connectivity index (χ1n) is 6.49. The Morgan fingerprint density at radius 3 is 2.60 bits per heavy atom. The number of halogens is 2. The third-order valence-electron chi connectivity index (χ3n) is 3.16. The molecule has 0 fully saturated rings. The van der Waals surface area contributed by atoms with Crippen molar-refractivity contribution in [1.82, 2.24) is 0 Å². The number of benzene rings is 2. The van der Waals surface area contributed by atoms with Gasteiger partial charge in [0.15, 0.2) is 0 Å². The zero-order valence-electron chi connectivity index (χ0n) is 11.5. The zero-order chi connectivity index (χ0) is 14.5. The van der Waals surface area contributed by atoms with Crippen LogP contribution in [0.2, 0.25) is 10.0 Å². The van der Waals surface area contributed by atoms with Crippen LogP contribution >= 0.6 is 23.2 Å². The van der Waals surface area contributed by atoms with Crippen molar-refractivity contribution in [2.24, 2.45) is 0 Å². The molecule has 2 nitrogen and oxygen atoms in total. The Morgan fingerprint density at radius 2 is 1.95 bits per heavy atom. The van der Waals surface area contributed by atoms with Crippen LogP contribution in [0.5, 0.6) is 5.75 Å². The van der Waals surface area contributed by atoms with Crippen molar-refractivity contribution in [3.63, 3.8) is 0 Å². The van der Waals surface area contributed by atoms with Crippen LogP contribution in [0.15, 0.2) is 42.5 Å². The smallest absolute Gasteiger partial charge is 0.121 e. The Balaban J connectivity index is 2.26. The van der Waals surface area contributed by atoms with Gasteiger partial charge in [0.2, 0.25) is 0 Å². The molecule has 1 N–H and O–H groups in total. The highest BCUT2D eigenvalue weighted by atomic mass is 35.5. The third kappa shape index (κ3) is 3.59. The fourth-order valence-corrected chi connectivity index (χ4v) is 2.44. The molecule has 2 aromatic rings. The molecule has 0 heterocycles. The normalized spacial score (nSPS) is 12.0. The van der Waals surface area contributed by atoms with Gasteiger partial charge >= 0.3 is 0 Å². The second kappa shape index (κ2) is 6.87. The van der Waals surface area contributed by atoms with Gasteiger partial charge in [0.1, 0.15) is 5.75 Å². The van der Waals surface area contributed by atoms with Crippen LogP contribution in [0.3, 0.4) is 0 Å². The summed E-state index contributed by atoms with van der Waals surface area (Å²) < 4.78 is 5.23. The number of rotatable bonds is 5. The monoisotopic (exact) mass is 309 g/mol. The second-order valence-corrected chi connectivity index (χ2v) is 5.35. The summed E-state index contributed by atoms with van der Waals surface area (Å²) >= 11 is 12.3. The van der Waals surface area contributed by atoms with Gasteiger partial charge in [-0.05, 0) is 36.2 Å². The Labute approximate surface area is 129 Å². The first-order chi connectivity index (χ1) is 9.63. The van der Waals surface area contributed by atoms with Gasteiger partial charge in [-0.15, -0.1) is 0 Å². The average Bonchev–Trinajstić information content (AvgIpc) is 2.46. The van der Waals surface area contributed by atoms with Gasteiger partial charge in [0.05, 0.1) is 23.9 Å². The van der Waals surface area contributed by atoms with E-state index in [9.17, 15) is 0 Å². The second-order valence-electron chi connectivity index (χ2n) is 4.51. The minimum atomic E-state index is 0.151. The van der Waals surface area contributed by atoms with Crippen molar-refractivity contribution in [2.45, 2.75) is 19.4 Å². The van der Waals surface area contributed by atoms with Crippen molar-refractivity contribution in [3.8, 4) is 5.75 Å². The molecule has 0 aliphatic carbocycles. The summed E-state index contributed by atoms with van der Waals surface area (Å²) in [7, 11) is 1.64. The van der Waals surface area contributed by atoms with Gasteiger partial charge in [-0.25, -0.2) is 0 Å². The molecule has 0 saturated heterocycles. The SMILES string of the molecule is CCC(Nc1cc(OC)ccc1Cl)c1cccc(Cl)c1. The van der Waals surface area contributed by atoms with Crippen molar-refractivity contribution in [3.05, 3.63) is 58.1 Å². The highest BCUT2D eigenvalue weighted by Crippen LogP contribution is 2.31. The van der Waals surface area contributed by atoms with Gasteiger partial charge < -0.3 is 10.1 Å². The lowest BCUT2D eigenvalue weighted by Crippen LogP contribution is -2.10. The summed E-state index contributed by atoms with van der Waals surface area (Å²) in [5.74, 6) is 0.776. The predicted molar refractivity (Wildman–Crippen MR) is 86.1 cm³/mol. The largest absolute Gasteiger partial charge is 0.497 e. The Hall–Kier alpha value is -1.38. The minimum absolute atomic E-state index is 0.151. The first kappa shape index (κ1) is 15.0. The van der Waals surface area contributed by atoms with E-state index in [1.54, 1.807) is 7.11 Å². The van der Waals surface area contributed by atoms with Crippen molar-refractivity contribution < 1.29 is 4.74 Å². The number of anilines is 1. The third-order valence-corrected chi connectivity index (χ3v) is 3.73. The van der Waals surface area contributed by atoms with E-state index in [1.807, 2.05) is 36.4 Å². The van der Waals surface area contributed by atoms with Crippen molar-refractivity contribution in [2.75, 3.05) is 12.4 Å². The van der Waals surface area contributed by atoms with E-state index in [4.69, 9.17) is 27.9 Å². The number of nitrogens with one attached hydrogen (secondary N) is 1. The van der Waals surface area contributed by atoms with E-state index in [1.165, 1.54) is 0 Å². The number of hydrogen-bond donors (Lipinski definition) is 1. The minimum Gasteiger partial charge on any atom is -0.497 e. The standard InChI is InChI=1S/C16H17Cl2NO/c1-3-15(11-5-4-6-12(17)9-11)19-16-10-13(20-2)7-8-14(16)18/h4-10,15,19H,3H2,1-2H3. The number of hydrogen-bond acceptors (Lipinski definition) is 2. The molecule has 0 aliphatic heterocycles. The summed E-state index contributed by atoms with van der Waals surface area (Å²) in [5, 5.41) is 4.85. The van der Waals surface area contributed by atoms with Gasteiger partial charge in [0.25, 0.3) is 0 Å². The topological polar surface area (TPSA) is 21.3 Å². The first-order valence-corrected chi connectivity index (χ1v) is 7.25. The molecule has 0 spiro atoms. The molecule has 2 rings (SSSR count). The fourth-order valence-electron chi connectivity index (χ4n) is 2.07. The summed E-state index contributed by atoms with van der Waals surface area (Å²) in [6.07, 6.45) is 0.924. The molecule has 1 unspecified atom stereocenters. The van der Waals surface area contributed by atoms with Crippen LogP contribution in [-0.4, -0.2) is 7.11 Å². The lowest BCUT2D eigenvalue weighted by atomic mass is 10.0. The molecule has 106 valence electrons. The van der Waals surface area contributed by atoms with Crippen LogP contribution in [0.4, 0.5) is 5.69 Å². The molecule has 0 aliphatic rings. The maximum atomic E-state index is 6.23. The maximum Gasteiger partial charge on any atom is 0.121 e. The highest BCUT2D eigenvalue weighted by Gasteiger charge is 2.12. The fraction of sp³-hybridized carbons (Fsp3) is 0.250. The van der Waals surface area contributed by atoms with E-state index in [0.29, 0.717) is 5.02 Å². The van der Waals surface area contributed by atoms with E-state index < -0.39 is 0 Å². The molecule has 0 bridgehead atoms. The molecule has 0 radical (unpaired) electrons. The van der Waals surface area contributed by atoms with Crippen molar-refractivity contribution >= 4 is 28.9 Å². The lowest BCUT2D eigenvalue weighted by Gasteiger charge is -2.20. The van der Waals surface area contributed by atoms with Gasteiger partial charge in [0, 0.05) is 11.1 Å². The Bertz CT molecular complexity index is 586. The van der Waals surface area contributed by atoms with Crippen molar-refractivity contribution in [1.29, 1.82) is 0 Å². The molecule has 0 aromatic heterocycles. The lowest BCUT2D eigenvalue weighted by molar-refractivity contribution is 0.415. The predicted octanol–water partition coefficient (Wildman–Crippen LogP) is 5.57. The summed E-state index contributed by atoms with van der Waals surface area (Å²) in [6.45, 7) is 2.12. The molecule has 2 aromatic carbocycles. The van der Waals surface area contributed by atoms with E-state index in [0.717, 1.165) is 28.4 Å². The number of methoxy groups -OCH3 is 1. The van der Waals surface area contributed by atoms with E-state index >= 15 is 0 Å². The molecular formula is C16H17Cl2NO. The zero-order valence-corrected chi connectivity index (χ0v) is 13.0. The molecular weight excluding hydrogens is 293 g/mol. The van der Waals surface area contributed by atoms with Crippen LogP contribution in [0, 0.1) is 0 Å². The highest BCUT2D eigenvalue weighted by molar-refractivity contribution is 6.33. The van der Waals surface area contributed by atoms with E-state index in [2.05, 4.69) is 18.3 Å². The Morgan fingerprint density at radius 1 is 1.15 bits per heavy atom. The molecule has 0 saturated carbocycles.